The topological polar surface area (TPSA) is 54.7 Å². The Labute approximate surface area is 165 Å². The van der Waals surface area contributed by atoms with E-state index in [-0.39, 0.29) is 0 Å². The fraction of sp³-hybridized carbons (Fsp3) is 0.810. The van der Waals surface area contributed by atoms with Gasteiger partial charge in [0.05, 0.1) is 11.8 Å². The highest BCUT2D eigenvalue weighted by Gasteiger charge is 2.25. The van der Waals surface area contributed by atoms with Crippen molar-refractivity contribution in [3.05, 3.63) is 17.5 Å². The Hall–Kier alpha value is -1.56. The minimum absolute atomic E-state index is 0.374. The van der Waals surface area contributed by atoms with Crippen molar-refractivity contribution in [2.75, 3.05) is 27.2 Å². The van der Waals surface area contributed by atoms with E-state index in [1.165, 1.54) is 31.2 Å². The van der Waals surface area contributed by atoms with Gasteiger partial charge in [0.1, 0.15) is 0 Å². The van der Waals surface area contributed by atoms with Crippen LogP contribution in [0, 0.1) is 5.92 Å². The lowest BCUT2D eigenvalue weighted by atomic mass is 9.98. The lowest BCUT2D eigenvalue weighted by molar-refractivity contribution is 0.0169. The highest BCUT2D eigenvalue weighted by molar-refractivity contribution is 5.79. The Kier molecular flexibility index (Phi) is 8.61. The normalized spacial score (nSPS) is 16.9. The molecule has 0 radical (unpaired) electrons. The van der Waals surface area contributed by atoms with Gasteiger partial charge < -0.3 is 15.0 Å². The third kappa shape index (κ3) is 6.23. The van der Waals surface area contributed by atoms with Gasteiger partial charge in [-0.2, -0.15) is 5.10 Å². The Balaban J connectivity index is 1.88. The third-order valence-corrected chi connectivity index (χ3v) is 5.48. The molecule has 1 atom stereocenters. The Morgan fingerprint density at radius 3 is 2.70 bits per heavy atom. The molecule has 1 aromatic rings. The fourth-order valence-electron chi connectivity index (χ4n) is 4.20. The summed E-state index contributed by atoms with van der Waals surface area (Å²) in [5.41, 5.74) is 2.42. The number of aromatic nitrogens is 2. The number of hydrogen-bond donors (Lipinski definition) is 1. The van der Waals surface area contributed by atoms with Crippen LogP contribution < -0.4 is 5.32 Å². The van der Waals surface area contributed by atoms with Gasteiger partial charge in [0.15, 0.2) is 5.96 Å². The summed E-state index contributed by atoms with van der Waals surface area (Å²) < 4.78 is 7.94. The van der Waals surface area contributed by atoms with Crippen LogP contribution in [0.2, 0.25) is 0 Å². The molecule has 0 aromatic carbocycles. The highest BCUT2D eigenvalue weighted by Crippen LogP contribution is 2.30. The molecule has 1 aliphatic carbocycles. The van der Waals surface area contributed by atoms with Gasteiger partial charge in [-0.3, -0.25) is 9.67 Å². The lowest BCUT2D eigenvalue weighted by Gasteiger charge is -2.26. The van der Waals surface area contributed by atoms with E-state index in [2.05, 4.69) is 54.3 Å². The number of guanidine groups is 1. The highest BCUT2D eigenvalue weighted by atomic mass is 16.5. The smallest absolute Gasteiger partial charge is 0.193 e. The molecule has 0 saturated heterocycles. The lowest BCUT2D eigenvalue weighted by Crippen LogP contribution is -2.40. The van der Waals surface area contributed by atoms with Crippen LogP contribution in [-0.4, -0.2) is 54.0 Å². The van der Waals surface area contributed by atoms with Crippen molar-refractivity contribution in [2.24, 2.45) is 18.0 Å². The molecule has 6 heteroatoms. The Morgan fingerprint density at radius 1 is 1.41 bits per heavy atom. The van der Waals surface area contributed by atoms with Crippen LogP contribution in [0.4, 0.5) is 0 Å². The molecule has 1 aliphatic rings. The number of hydrogen-bond acceptors (Lipinski definition) is 3. The third-order valence-electron chi connectivity index (χ3n) is 5.48. The molecule has 154 valence electrons. The second-order valence-corrected chi connectivity index (χ2v) is 8.03. The number of aliphatic imine (C=N–C) groups is 1. The maximum atomic E-state index is 6.04. The van der Waals surface area contributed by atoms with E-state index in [1.807, 2.05) is 18.8 Å². The summed E-state index contributed by atoms with van der Waals surface area (Å²) in [6, 6.07) is 0. The maximum absolute atomic E-state index is 6.04. The van der Waals surface area contributed by atoms with Crippen LogP contribution >= 0.6 is 0 Å². The van der Waals surface area contributed by atoms with Crippen molar-refractivity contribution in [1.29, 1.82) is 0 Å². The van der Waals surface area contributed by atoms with Gasteiger partial charge in [0.2, 0.25) is 0 Å². The average molecular weight is 378 g/mol. The summed E-state index contributed by atoms with van der Waals surface area (Å²) in [7, 11) is 5.92. The summed E-state index contributed by atoms with van der Waals surface area (Å²) >= 11 is 0. The first-order valence-electron chi connectivity index (χ1n) is 10.5. The van der Waals surface area contributed by atoms with Gasteiger partial charge in [-0.15, -0.1) is 0 Å². The summed E-state index contributed by atoms with van der Waals surface area (Å²) in [4.78, 5) is 6.64. The summed E-state index contributed by atoms with van der Waals surface area (Å²) in [5, 5.41) is 8.14. The first-order chi connectivity index (χ1) is 13.0. The SMILES string of the molecule is CCOC(CCNC(=NC)N(C)Cc1cn(C)nc1C(C)C)C1CCCC1. The molecule has 27 heavy (non-hydrogen) atoms. The molecule has 6 nitrogen and oxygen atoms in total. The molecule has 0 amide bonds. The van der Waals surface area contributed by atoms with Crippen LogP contribution in [0.3, 0.4) is 0 Å². The molecule has 1 N–H and O–H groups in total. The Morgan fingerprint density at radius 2 is 2.11 bits per heavy atom. The average Bonchev–Trinajstić information content (AvgIpc) is 3.27. The van der Waals surface area contributed by atoms with Gasteiger partial charge in [0.25, 0.3) is 0 Å². The van der Waals surface area contributed by atoms with Gasteiger partial charge in [-0.1, -0.05) is 26.7 Å². The summed E-state index contributed by atoms with van der Waals surface area (Å²) in [6.45, 7) is 8.98. The van der Waals surface area contributed by atoms with Crippen molar-refractivity contribution >= 4 is 5.96 Å². The minimum atomic E-state index is 0.374. The zero-order valence-corrected chi connectivity index (χ0v) is 18.2. The zero-order valence-electron chi connectivity index (χ0n) is 18.2. The van der Waals surface area contributed by atoms with E-state index >= 15 is 0 Å². The molecule has 0 bridgehead atoms. The molecule has 1 unspecified atom stereocenters. The van der Waals surface area contributed by atoms with Gasteiger partial charge in [0, 0.05) is 52.6 Å². The molecule has 1 heterocycles. The molecular weight excluding hydrogens is 338 g/mol. The molecule has 1 fully saturated rings. The van der Waals surface area contributed by atoms with Crippen LogP contribution in [0.15, 0.2) is 11.2 Å². The second-order valence-electron chi connectivity index (χ2n) is 8.03. The quantitative estimate of drug-likeness (QED) is 0.528. The molecule has 1 saturated carbocycles. The molecule has 1 aromatic heterocycles. The number of aryl methyl sites for hydroxylation is 1. The summed E-state index contributed by atoms with van der Waals surface area (Å²) in [6.07, 6.45) is 8.88. The van der Waals surface area contributed by atoms with Crippen molar-refractivity contribution in [3.63, 3.8) is 0 Å². The van der Waals surface area contributed by atoms with E-state index in [0.29, 0.717) is 12.0 Å². The van der Waals surface area contributed by atoms with Gasteiger partial charge in [-0.25, -0.2) is 0 Å². The number of rotatable bonds is 9. The number of nitrogens with one attached hydrogen (secondary N) is 1. The van der Waals surface area contributed by atoms with Gasteiger partial charge >= 0.3 is 0 Å². The monoisotopic (exact) mass is 377 g/mol. The predicted molar refractivity (Wildman–Crippen MR) is 112 cm³/mol. The largest absolute Gasteiger partial charge is 0.378 e. The van der Waals surface area contributed by atoms with Crippen molar-refractivity contribution in [1.82, 2.24) is 20.0 Å². The number of ether oxygens (including phenoxy) is 1. The van der Waals surface area contributed by atoms with E-state index in [9.17, 15) is 0 Å². The molecule has 0 aliphatic heterocycles. The molecular formula is C21H39N5O. The molecule has 0 spiro atoms. The molecule has 2 rings (SSSR count). The van der Waals surface area contributed by atoms with Gasteiger partial charge in [-0.05, 0) is 38.0 Å². The first-order valence-corrected chi connectivity index (χ1v) is 10.5. The van der Waals surface area contributed by atoms with Crippen LogP contribution in [-0.2, 0) is 18.3 Å². The zero-order chi connectivity index (χ0) is 19.8. The first kappa shape index (κ1) is 21.7. The Bertz CT molecular complexity index is 589. The van der Waals surface area contributed by atoms with E-state index < -0.39 is 0 Å². The van der Waals surface area contributed by atoms with E-state index in [0.717, 1.165) is 43.7 Å². The van der Waals surface area contributed by atoms with Crippen LogP contribution in [0.1, 0.15) is 70.1 Å². The van der Waals surface area contributed by atoms with Crippen molar-refractivity contribution in [3.8, 4) is 0 Å². The van der Waals surface area contributed by atoms with Crippen LogP contribution in [0.5, 0.6) is 0 Å². The van der Waals surface area contributed by atoms with Crippen LogP contribution in [0.25, 0.3) is 0 Å². The maximum Gasteiger partial charge on any atom is 0.193 e. The van der Waals surface area contributed by atoms with E-state index in [1.54, 1.807) is 0 Å². The summed E-state index contributed by atoms with van der Waals surface area (Å²) in [5.74, 6) is 2.08. The fourth-order valence-corrected chi connectivity index (χ4v) is 4.20. The number of nitrogens with zero attached hydrogens (tertiary/aromatic N) is 4. The minimum Gasteiger partial charge on any atom is -0.378 e. The van der Waals surface area contributed by atoms with Crippen molar-refractivity contribution in [2.45, 2.75) is 71.4 Å². The predicted octanol–water partition coefficient (Wildman–Crippen LogP) is 3.54. The van der Waals surface area contributed by atoms with E-state index in [4.69, 9.17) is 4.74 Å². The van der Waals surface area contributed by atoms with Crippen molar-refractivity contribution < 1.29 is 4.74 Å². The standard InChI is InChI=1S/C21H39N5O/c1-7-27-19(17-10-8-9-11-17)12-13-23-21(22-4)25(5)14-18-15-26(6)24-20(18)16(2)3/h15-17,19H,7-14H2,1-6H3,(H,22,23). The second kappa shape index (κ2) is 10.7.